The monoisotopic (exact) mass is 399 g/mol. The molecule has 2 aromatic heterocycles. The van der Waals surface area contributed by atoms with Crippen molar-refractivity contribution in [2.45, 2.75) is 38.5 Å². The Labute approximate surface area is 176 Å². The Morgan fingerprint density at radius 1 is 1.27 bits per heavy atom. The first-order valence-corrected chi connectivity index (χ1v) is 10.4. The second kappa shape index (κ2) is 6.60. The number of hydrogen-bond acceptors (Lipinski definition) is 4. The van der Waals surface area contributed by atoms with Gasteiger partial charge in [-0.25, -0.2) is 4.98 Å². The second-order valence-electron chi connectivity index (χ2n) is 8.81. The van der Waals surface area contributed by atoms with Crippen molar-refractivity contribution in [3.63, 3.8) is 0 Å². The number of nitriles is 1. The number of benzene rings is 1. The molecule has 2 aliphatic carbocycles. The van der Waals surface area contributed by atoms with E-state index in [1.54, 1.807) is 4.68 Å². The summed E-state index contributed by atoms with van der Waals surface area (Å²) < 4.78 is 4.04. The van der Waals surface area contributed by atoms with Crippen molar-refractivity contribution in [1.82, 2.24) is 19.3 Å². The maximum Gasteiger partial charge on any atom is 0.148 e. The van der Waals surface area contributed by atoms with Gasteiger partial charge in [0.15, 0.2) is 0 Å². The number of nitrogens with zero attached hydrogens (tertiary/aromatic N) is 5. The van der Waals surface area contributed by atoms with Gasteiger partial charge in [0.1, 0.15) is 11.6 Å². The predicted octanol–water partition coefficient (Wildman–Crippen LogP) is 4.47. The van der Waals surface area contributed by atoms with Gasteiger partial charge in [-0.1, -0.05) is 32.0 Å². The Kier molecular flexibility index (Phi) is 4.11. The van der Waals surface area contributed by atoms with Gasteiger partial charge in [-0.05, 0) is 37.3 Å². The van der Waals surface area contributed by atoms with Crippen LogP contribution in [0.2, 0.25) is 0 Å². The third-order valence-electron chi connectivity index (χ3n) is 7.02. The maximum atomic E-state index is 10.6. The Hall–Kier alpha value is -3.33. The van der Waals surface area contributed by atoms with Gasteiger partial charge in [0.2, 0.25) is 0 Å². The SMILES string of the molecule is C[C@@H]1C(O)=C(C#N)C[C@]2(C)c3nc(-c4cnn(C)c4)n(-c4ccccc4)c3CC[C@@H]12. The summed E-state index contributed by atoms with van der Waals surface area (Å²) >= 11 is 0. The maximum absolute atomic E-state index is 10.6. The molecule has 0 amide bonds. The zero-order valence-electron chi connectivity index (χ0n) is 17.5. The molecule has 0 saturated heterocycles. The largest absolute Gasteiger partial charge is 0.511 e. The summed E-state index contributed by atoms with van der Waals surface area (Å²) in [7, 11) is 1.91. The van der Waals surface area contributed by atoms with Gasteiger partial charge in [0.05, 0.1) is 29.1 Å². The van der Waals surface area contributed by atoms with Crippen LogP contribution in [0, 0.1) is 23.2 Å². The molecule has 0 saturated carbocycles. The van der Waals surface area contributed by atoms with E-state index in [-0.39, 0.29) is 23.0 Å². The smallest absolute Gasteiger partial charge is 0.148 e. The fourth-order valence-corrected chi connectivity index (χ4v) is 5.55. The highest BCUT2D eigenvalue weighted by atomic mass is 16.3. The number of aromatic nitrogens is 4. The van der Waals surface area contributed by atoms with Crippen LogP contribution in [-0.2, 0) is 18.9 Å². The molecule has 5 rings (SSSR count). The minimum absolute atomic E-state index is 0.0460. The molecule has 152 valence electrons. The van der Waals surface area contributed by atoms with E-state index in [4.69, 9.17) is 4.98 Å². The van der Waals surface area contributed by atoms with Gasteiger partial charge in [0, 0.05) is 36.0 Å². The van der Waals surface area contributed by atoms with Crippen LogP contribution < -0.4 is 0 Å². The van der Waals surface area contributed by atoms with E-state index < -0.39 is 0 Å². The van der Waals surface area contributed by atoms with E-state index in [0.29, 0.717) is 12.0 Å². The number of rotatable bonds is 2. The van der Waals surface area contributed by atoms with E-state index in [1.807, 2.05) is 44.6 Å². The molecule has 0 aliphatic heterocycles. The lowest BCUT2D eigenvalue weighted by molar-refractivity contribution is 0.135. The molecule has 3 atom stereocenters. The minimum atomic E-state index is -0.290. The highest BCUT2D eigenvalue weighted by Gasteiger charge is 2.50. The van der Waals surface area contributed by atoms with Crippen LogP contribution in [0.15, 0.2) is 54.1 Å². The number of aliphatic hydroxyl groups is 1. The number of allylic oxidation sites excluding steroid dienone is 2. The molecule has 0 radical (unpaired) electrons. The fraction of sp³-hybridized carbons (Fsp3) is 0.375. The lowest BCUT2D eigenvalue weighted by Crippen LogP contribution is -2.44. The Morgan fingerprint density at radius 2 is 2.03 bits per heavy atom. The number of para-hydroxylation sites is 1. The van der Waals surface area contributed by atoms with Crippen molar-refractivity contribution in [1.29, 1.82) is 5.26 Å². The molecule has 0 spiro atoms. The molecule has 6 nitrogen and oxygen atoms in total. The van der Waals surface area contributed by atoms with E-state index in [9.17, 15) is 10.4 Å². The van der Waals surface area contributed by atoms with E-state index in [2.05, 4.69) is 34.8 Å². The van der Waals surface area contributed by atoms with Crippen LogP contribution in [-0.4, -0.2) is 24.4 Å². The molecule has 1 N–H and O–H groups in total. The molecule has 2 heterocycles. The van der Waals surface area contributed by atoms with Crippen molar-refractivity contribution in [3.05, 3.63) is 65.4 Å². The first-order chi connectivity index (χ1) is 14.4. The molecule has 3 aromatic rings. The Bertz CT molecular complexity index is 1200. The number of aliphatic hydroxyl groups excluding tert-OH is 1. The average molecular weight is 399 g/mol. The predicted molar refractivity (Wildman–Crippen MR) is 114 cm³/mol. The van der Waals surface area contributed by atoms with Crippen molar-refractivity contribution in [3.8, 4) is 23.1 Å². The summed E-state index contributed by atoms with van der Waals surface area (Å²) in [5.74, 6) is 1.35. The number of fused-ring (bicyclic) bond motifs is 3. The zero-order valence-corrected chi connectivity index (χ0v) is 17.5. The molecule has 30 heavy (non-hydrogen) atoms. The van der Waals surface area contributed by atoms with Gasteiger partial charge < -0.3 is 5.11 Å². The van der Waals surface area contributed by atoms with Crippen LogP contribution in [0.1, 0.15) is 38.1 Å². The first-order valence-electron chi connectivity index (χ1n) is 10.4. The van der Waals surface area contributed by atoms with Gasteiger partial charge in [-0.3, -0.25) is 9.25 Å². The summed E-state index contributed by atoms with van der Waals surface area (Å²) in [4.78, 5) is 5.19. The quantitative estimate of drug-likeness (QED) is 0.690. The summed E-state index contributed by atoms with van der Waals surface area (Å²) in [5.41, 5.74) is 4.50. The van der Waals surface area contributed by atoms with Crippen LogP contribution in [0.25, 0.3) is 17.1 Å². The average Bonchev–Trinajstić information content (AvgIpc) is 3.35. The fourth-order valence-electron chi connectivity index (χ4n) is 5.55. The summed E-state index contributed by atoms with van der Waals surface area (Å²) in [5, 5.41) is 24.6. The van der Waals surface area contributed by atoms with Crippen molar-refractivity contribution < 1.29 is 5.11 Å². The van der Waals surface area contributed by atoms with Crippen molar-refractivity contribution in [2.75, 3.05) is 0 Å². The van der Waals surface area contributed by atoms with Crippen molar-refractivity contribution in [2.24, 2.45) is 18.9 Å². The molecule has 0 bridgehead atoms. The van der Waals surface area contributed by atoms with Gasteiger partial charge >= 0.3 is 0 Å². The standard InChI is InChI=1S/C24H25N5O/c1-15-19-9-10-20-22(24(19,2)11-16(12-25)21(15)30)27-23(17-13-26-28(3)14-17)29(20)18-7-5-4-6-8-18/h4-8,13-15,19,30H,9-11H2,1-3H3/t15-,19-,24-/m0/s1. The van der Waals surface area contributed by atoms with Gasteiger partial charge in [0.25, 0.3) is 0 Å². The number of hydrogen-bond donors (Lipinski definition) is 1. The normalized spacial score (nSPS) is 25.5. The number of imidazole rings is 1. The summed E-state index contributed by atoms with van der Waals surface area (Å²) in [6, 6.07) is 12.5. The van der Waals surface area contributed by atoms with E-state index >= 15 is 0 Å². The van der Waals surface area contributed by atoms with Crippen LogP contribution in [0.3, 0.4) is 0 Å². The number of aryl methyl sites for hydroxylation is 1. The molecule has 6 heteroatoms. The third-order valence-corrected chi connectivity index (χ3v) is 7.02. The molecular formula is C24H25N5O. The first kappa shape index (κ1) is 18.7. The Morgan fingerprint density at radius 3 is 2.70 bits per heavy atom. The second-order valence-corrected chi connectivity index (χ2v) is 8.81. The highest BCUT2D eigenvalue weighted by molar-refractivity contribution is 5.60. The molecule has 0 fully saturated rings. The van der Waals surface area contributed by atoms with E-state index in [1.165, 1.54) is 5.69 Å². The van der Waals surface area contributed by atoms with Gasteiger partial charge in [-0.15, -0.1) is 0 Å². The molecule has 0 unspecified atom stereocenters. The van der Waals surface area contributed by atoms with E-state index in [0.717, 1.165) is 35.6 Å². The zero-order chi connectivity index (χ0) is 21.0. The summed E-state index contributed by atoms with van der Waals surface area (Å²) in [6.07, 6.45) is 6.21. The molecule has 1 aromatic carbocycles. The molecular weight excluding hydrogens is 374 g/mol. The van der Waals surface area contributed by atoms with Crippen LogP contribution in [0.4, 0.5) is 0 Å². The lowest BCUT2D eigenvalue weighted by atomic mass is 9.57. The minimum Gasteiger partial charge on any atom is -0.511 e. The summed E-state index contributed by atoms with van der Waals surface area (Å²) in [6.45, 7) is 4.25. The third kappa shape index (κ3) is 2.55. The van der Waals surface area contributed by atoms with Crippen molar-refractivity contribution >= 4 is 0 Å². The Balaban J connectivity index is 1.76. The van der Waals surface area contributed by atoms with Crippen LogP contribution in [0.5, 0.6) is 0 Å². The molecule has 2 aliphatic rings. The lowest BCUT2D eigenvalue weighted by Gasteiger charge is -2.46. The topological polar surface area (TPSA) is 79.7 Å². The van der Waals surface area contributed by atoms with Crippen LogP contribution >= 0.6 is 0 Å². The van der Waals surface area contributed by atoms with Gasteiger partial charge in [-0.2, -0.15) is 10.4 Å². The highest BCUT2D eigenvalue weighted by Crippen LogP contribution is 2.53.